The van der Waals surface area contributed by atoms with Gasteiger partial charge < -0.3 is 5.32 Å². The topological polar surface area (TPSA) is 37.8 Å². The number of rotatable bonds is 6. The summed E-state index contributed by atoms with van der Waals surface area (Å²) < 4.78 is 0. The summed E-state index contributed by atoms with van der Waals surface area (Å²) in [5.41, 5.74) is 5.66. The van der Waals surface area contributed by atoms with Gasteiger partial charge in [0, 0.05) is 17.6 Å². The molecule has 0 aliphatic heterocycles. The van der Waals surface area contributed by atoms with Crippen LogP contribution in [0, 0.1) is 0 Å². The molecule has 29 heavy (non-hydrogen) atoms. The third kappa shape index (κ3) is 4.97. The molecular weight excluding hydrogens is 378 g/mol. The van der Waals surface area contributed by atoms with Crippen molar-refractivity contribution in [3.8, 4) is 0 Å². The Morgan fingerprint density at radius 1 is 1.14 bits per heavy atom. The van der Waals surface area contributed by atoms with Crippen LogP contribution in [0.4, 0.5) is 0 Å². The summed E-state index contributed by atoms with van der Waals surface area (Å²) in [4.78, 5) is 9.25. The molecule has 1 saturated carbocycles. The molecule has 2 aromatic heterocycles. The SMILES string of the molecule is CCC=C(NC1CCCCC1)c1cc(Cc2ccc(Cl)nc2)c2ccccc2n1. The molecule has 4 rings (SSSR count). The van der Waals surface area contributed by atoms with Crippen LogP contribution < -0.4 is 5.32 Å². The van der Waals surface area contributed by atoms with Gasteiger partial charge in [-0.15, -0.1) is 0 Å². The van der Waals surface area contributed by atoms with E-state index < -0.39 is 0 Å². The van der Waals surface area contributed by atoms with E-state index in [0.29, 0.717) is 11.2 Å². The lowest BCUT2D eigenvalue weighted by atomic mass is 9.94. The first-order valence-corrected chi connectivity index (χ1v) is 11.1. The highest BCUT2D eigenvalue weighted by Gasteiger charge is 2.16. The second-order valence-electron chi connectivity index (χ2n) is 7.86. The molecule has 1 aliphatic carbocycles. The van der Waals surface area contributed by atoms with Crippen molar-refractivity contribution in [2.45, 2.75) is 57.9 Å². The maximum atomic E-state index is 5.97. The maximum Gasteiger partial charge on any atom is 0.129 e. The fourth-order valence-electron chi connectivity index (χ4n) is 4.17. The van der Waals surface area contributed by atoms with Crippen molar-refractivity contribution in [1.29, 1.82) is 0 Å². The van der Waals surface area contributed by atoms with Crippen LogP contribution in [0.25, 0.3) is 16.6 Å². The van der Waals surface area contributed by atoms with E-state index in [1.807, 2.05) is 18.3 Å². The molecule has 1 aromatic carbocycles. The van der Waals surface area contributed by atoms with Gasteiger partial charge in [0.25, 0.3) is 0 Å². The first-order valence-electron chi connectivity index (χ1n) is 10.7. The molecule has 0 amide bonds. The number of benzene rings is 1. The molecule has 1 aliphatic rings. The normalized spacial score (nSPS) is 15.6. The summed E-state index contributed by atoms with van der Waals surface area (Å²) in [6, 6.07) is 15.1. The second kappa shape index (κ2) is 9.41. The van der Waals surface area contributed by atoms with E-state index in [4.69, 9.17) is 16.6 Å². The third-order valence-electron chi connectivity index (χ3n) is 5.63. The summed E-state index contributed by atoms with van der Waals surface area (Å²) in [7, 11) is 0. The van der Waals surface area contributed by atoms with Crippen molar-refractivity contribution >= 4 is 28.2 Å². The zero-order valence-corrected chi connectivity index (χ0v) is 17.8. The molecule has 1 fully saturated rings. The number of hydrogen-bond acceptors (Lipinski definition) is 3. The quantitative estimate of drug-likeness (QED) is 0.472. The van der Waals surface area contributed by atoms with Crippen LogP contribution >= 0.6 is 11.6 Å². The smallest absolute Gasteiger partial charge is 0.129 e. The fourth-order valence-corrected chi connectivity index (χ4v) is 4.28. The predicted molar refractivity (Wildman–Crippen MR) is 122 cm³/mol. The molecule has 0 radical (unpaired) electrons. The summed E-state index contributed by atoms with van der Waals surface area (Å²) in [5, 5.41) is 5.53. The first kappa shape index (κ1) is 19.9. The van der Waals surface area contributed by atoms with Crippen LogP contribution in [0.3, 0.4) is 0 Å². The van der Waals surface area contributed by atoms with Gasteiger partial charge in [-0.25, -0.2) is 9.97 Å². The van der Waals surface area contributed by atoms with Gasteiger partial charge >= 0.3 is 0 Å². The van der Waals surface area contributed by atoms with Crippen molar-refractivity contribution in [1.82, 2.24) is 15.3 Å². The summed E-state index contributed by atoms with van der Waals surface area (Å²) in [6.45, 7) is 2.18. The molecule has 3 aromatic rings. The highest BCUT2D eigenvalue weighted by atomic mass is 35.5. The zero-order valence-electron chi connectivity index (χ0n) is 17.0. The monoisotopic (exact) mass is 405 g/mol. The van der Waals surface area contributed by atoms with E-state index in [-0.39, 0.29) is 0 Å². The molecule has 4 heteroatoms. The van der Waals surface area contributed by atoms with Gasteiger partial charge in [0.15, 0.2) is 0 Å². The van der Waals surface area contributed by atoms with Gasteiger partial charge in [-0.05, 0) is 55.0 Å². The van der Waals surface area contributed by atoms with Crippen molar-refractivity contribution in [3.63, 3.8) is 0 Å². The van der Waals surface area contributed by atoms with Crippen LogP contribution in [0.1, 0.15) is 62.3 Å². The van der Waals surface area contributed by atoms with Gasteiger partial charge in [-0.1, -0.05) is 68.1 Å². The van der Waals surface area contributed by atoms with Gasteiger partial charge in [0.2, 0.25) is 0 Å². The standard InChI is InChI=1S/C25H28ClN3/c1-2-8-23(28-20-9-4-3-5-10-20)24-16-19(15-18-13-14-25(26)27-17-18)21-11-6-7-12-22(21)29-24/h6-8,11-14,16-17,20,28H,2-5,9-10,15H2,1H3. The van der Waals surface area contributed by atoms with Crippen LogP contribution in [0.5, 0.6) is 0 Å². The second-order valence-corrected chi connectivity index (χ2v) is 8.24. The maximum absolute atomic E-state index is 5.97. The van der Waals surface area contributed by atoms with Gasteiger partial charge in [0.05, 0.1) is 16.9 Å². The lowest BCUT2D eigenvalue weighted by Gasteiger charge is -2.25. The van der Waals surface area contributed by atoms with E-state index >= 15 is 0 Å². The molecule has 0 unspecified atom stereocenters. The van der Waals surface area contributed by atoms with Crippen LogP contribution in [-0.2, 0) is 6.42 Å². The average Bonchev–Trinajstić information content (AvgIpc) is 2.76. The number of pyridine rings is 2. The minimum atomic E-state index is 0.527. The third-order valence-corrected chi connectivity index (χ3v) is 5.86. The summed E-state index contributed by atoms with van der Waals surface area (Å²) in [6.07, 6.45) is 12.4. The van der Waals surface area contributed by atoms with Crippen LogP contribution in [0.2, 0.25) is 5.15 Å². The van der Waals surface area contributed by atoms with E-state index in [0.717, 1.165) is 29.6 Å². The molecule has 2 heterocycles. The molecule has 0 spiro atoms. The Labute approximate surface area is 178 Å². The van der Waals surface area contributed by atoms with Crippen LogP contribution in [-0.4, -0.2) is 16.0 Å². The minimum Gasteiger partial charge on any atom is -0.381 e. The Morgan fingerprint density at radius 2 is 1.97 bits per heavy atom. The largest absolute Gasteiger partial charge is 0.381 e. The lowest BCUT2D eigenvalue weighted by molar-refractivity contribution is 0.408. The molecule has 0 atom stereocenters. The average molecular weight is 406 g/mol. The van der Waals surface area contributed by atoms with E-state index in [2.05, 4.69) is 53.6 Å². The predicted octanol–water partition coefficient (Wildman–Crippen LogP) is 6.55. The van der Waals surface area contributed by atoms with Crippen molar-refractivity contribution in [2.75, 3.05) is 0 Å². The molecule has 1 N–H and O–H groups in total. The Bertz CT molecular complexity index is 989. The van der Waals surface area contributed by atoms with Crippen molar-refractivity contribution in [3.05, 3.63) is 76.7 Å². The fraction of sp³-hybridized carbons (Fsp3) is 0.360. The minimum absolute atomic E-state index is 0.527. The van der Waals surface area contributed by atoms with Gasteiger partial charge in [-0.2, -0.15) is 0 Å². The number of nitrogens with one attached hydrogen (secondary N) is 1. The Morgan fingerprint density at radius 3 is 2.72 bits per heavy atom. The van der Waals surface area contributed by atoms with E-state index in [1.54, 1.807) is 0 Å². The zero-order chi connectivity index (χ0) is 20.1. The summed E-state index contributed by atoms with van der Waals surface area (Å²) in [5.74, 6) is 0. The Kier molecular flexibility index (Phi) is 6.46. The Balaban J connectivity index is 1.71. The van der Waals surface area contributed by atoms with E-state index in [1.165, 1.54) is 48.8 Å². The molecule has 0 bridgehead atoms. The first-order chi connectivity index (χ1) is 14.2. The Hall–Kier alpha value is -2.39. The lowest BCUT2D eigenvalue weighted by Crippen LogP contribution is -2.30. The van der Waals surface area contributed by atoms with E-state index in [9.17, 15) is 0 Å². The molecule has 150 valence electrons. The number of halogens is 1. The number of nitrogens with zero attached hydrogens (tertiary/aromatic N) is 2. The number of allylic oxidation sites excluding steroid dienone is 1. The number of fused-ring (bicyclic) bond motifs is 1. The van der Waals surface area contributed by atoms with Crippen molar-refractivity contribution in [2.24, 2.45) is 0 Å². The number of aromatic nitrogens is 2. The summed E-state index contributed by atoms with van der Waals surface area (Å²) >= 11 is 5.97. The molecule has 0 saturated heterocycles. The molecule has 3 nitrogen and oxygen atoms in total. The van der Waals surface area contributed by atoms with Crippen LogP contribution in [0.15, 0.2) is 54.7 Å². The van der Waals surface area contributed by atoms with Gasteiger partial charge in [0.1, 0.15) is 5.15 Å². The highest BCUT2D eigenvalue weighted by Crippen LogP contribution is 2.26. The van der Waals surface area contributed by atoms with Crippen molar-refractivity contribution < 1.29 is 0 Å². The molecular formula is C25H28ClN3. The van der Waals surface area contributed by atoms with Gasteiger partial charge in [-0.3, -0.25) is 0 Å². The number of para-hydroxylation sites is 1. The highest BCUT2D eigenvalue weighted by molar-refractivity contribution is 6.29. The number of hydrogen-bond donors (Lipinski definition) is 1.